The summed E-state index contributed by atoms with van der Waals surface area (Å²) in [4.78, 5) is 0. The standard InChI is InChI=1S/C21H16O/c1-15-10-11-16-6-2-3-8-18(16)14-20-19-9-5-4-7-17(19)12-13-21(20)22-15/h2-13H,1,14H2/b11-10-. The minimum atomic E-state index is 0.660. The molecule has 22 heavy (non-hydrogen) atoms. The molecule has 0 spiro atoms. The van der Waals surface area contributed by atoms with Crippen molar-refractivity contribution < 1.29 is 4.74 Å². The highest BCUT2D eigenvalue weighted by Crippen LogP contribution is 2.33. The van der Waals surface area contributed by atoms with Crippen LogP contribution < -0.4 is 4.74 Å². The Hall–Kier alpha value is -2.80. The van der Waals surface area contributed by atoms with Gasteiger partial charge in [-0.2, -0.15) is 0 Å². The maximum atomic E-state index is 5.97. The summed E-state index contributed by atoms with van der Waals surface area (Å²) in [5.74, 6) is 1.55. The monoisotopic (exact) mass is 284 g/mol. The molecule has 0 aromatic heterocycles. The molecule has 0 saturated carbocycles. The summed E-state index contributed by atoms with van der Waals surface area (Å²) < 4.78 is 5.97. The Labute approximate surface area is 130 Å². The van der Waals surface area contributed by atoms with E-state index in [1.54, 1.807) is 0 Å². The van der Waals surface area contributed by atoms with Gasteiger partial charge < -0.3 is 4.74 Å². The maximum Gasteiger partial charge on any atom is 0.131 e. The summed E-state index contributed by atoms with van der Waals surface area (Å²) in [7, 11) is 0. The number of allylic oxidation sites excluding steroid dienone is 1. The maximum absolute atomic E-state index is 5.97. The molecule has 0 bridgehead atoms. The molecular formula is C21H16O. The molecule has 3 aromatic carbocycles. The van der Waals surface area contributed by atoms with Gasteiger partial charge in [-0.25, -0.2) is 0 Å². The van der Waals surface area contributed by atoms with Crippen LogP contribution in [-0.2, 0) is 6.42 Å². The van der Waals surface area contributed by atoms with Crippen molar-refractivity contribution in [2.75, 3.05) is 0 Å². The summed E-state index contributed by atoms with van der Waals surface area (Å²) in [5, 5.41) is 2.48. The predicted octanol–water partition coefficient (Wildman–Crippen LogP) is 5.35. The summed E-state index contributed by atoms with van der Waals surface area (Å²) in [6, 6.07) is 21.1. The van der Waals surface area contributed by atoms with E-state index in [2.05, 4.69) is 67.3 Å². The molecule has 3 aromatic rings. The van der Waals surface area contributed by atoms with Crippen molar-refractivity contribution in [3.05, 3.63) is 95.8 Å². The normalized spacial score (nSPS) is 15.0. The van der Waals surface area contributed by atoms with E-state index in [9.17, 15) is 0 Å². The third kappa shape index (κ3) is 2.21. The van der Waals surface area contributed by atoms with Crippen molar-refractivity contribution in [2.24, 2.45) is 0 Å². The smallest absolute Gasteiger partial charge is 0.131 e. The Kier molecular flexibility index (Phi) is 3.05. The van der Waals surface area contributed by atoms with Gasteiger partial charge in [0, 0.05) is 12.0 Å². The SMILES string of the molecule is C=C1/C=C\c2ccccc2Cc2c(ccc3ccccc23)O1. The van der Waals surface area contributed by atoms with Crippen LogP contribution in [0, 0.1) is 0 Å². The zero-order chi connectivity index (χ0) is 14.9. The van der Waals surface area contributed by atoms with Crippen LogP contribution in [0.3, 0.4) is 0 Å². The first-order chi connectivity index (χ1) is 10.8. The second-order valence-corrected chi connectivity index (χ2v) is 5.54. The van der Waals surface area contributed by atoms with Gasteiger partial charge in [-0.1, -0.05) is 67.3 Å². The minimum absolute atomic E-state index is 0.660. The lowest BCUT2D eigenvalue weighted by Gasteiger charge is -2.14. The van der Waals surface area contributed by atoms with Crippen molar-refractivity contribution in [3.8, 4) is 5.75 Å². The zero-order valence-corrected chi connectivity index (χ0v) is 12.3. The van der Waals surface area contributed by atoms with Gasteiger partial charge in [0.2, 0.25) is 0 Å². The molecule has 106 valence electrons. The average molecular weight is 284 g/mol. The van der Waals surface area contributed by atoms with Crippen LogP contribution >= 0.6 is 0 Å². The predicted molar refractivity (Wildman–Crippen MR) is 92.0 cm³/mol. The van der Waals surface area contributed by atoms with Gasteiger partial charge in [0.1, 0.15) is 11.5 Å². The highest BCUT2D eigenvalue weighted by Gasteiger charge is 2.13. The minimum Gasteiger partial charge on any atom is -0.458 e. The van der Waals surface area contributed by atoms with Crippen LogP contribution in [0.25, 0.3) is 16.8 Å². The summed E-state index contributed by atoms with van der Waals surface area (Å²) >= 11 is 0. The molecular weight excluding hydrogens is 268 g/mol. The lowest BCUT2D eigenvalue weighted by atomic mass is 9.95. The summed E-state index contributed by atoms with van der Waals surface area (Å²) in [6.07, 6.45) is 4.86. The van der Waals surface area contributed by atoms with Gasteiger partial charge in [0.05, 0.1) is 0 Å². The van der Waals surface area contributed by atoms with Gasteiger partial charge >= 0.3 is 0 Å². The molecule has 0 radical (unpaired) electrons. The third-order valence-electron chi connectivity index (χ3n) is 4.11. The van der Waals surface area contributed by atoms with Crippen molar-refractivity contribution >= 4 is 16.8 Å². The van der Waals surface area contributed by atoms with Gasteiger partial charge in [0.25, 0.3) is 0 Å². The van der Waals surface area contributed by atoms with E-state index in [1.165, 1.54) is 27.5 Å². The number of benzene rings is 3. The zero-order valence-electron chi connectivity index (χ0n) is 12.3. The largest absolute Gasteiger partial charge is 0.458 e. The first kappa shape index (κ1) is 12.9. The second kappa shape index (κ2) is 5.19. The molecule has 1 heteroatoms. The fourth-order valence-corrected chi connectivity index (χ4v) is 3.00. The van der Waals surface area contributed by atoms with E-state index in [1.807, 2.05) is 12.1 Å². The molecule has 0 amide bonds. The van der Waals surface area contributed by atoms with Crippen LogP contribution in [-0.4, -0.2) is 0 Å². The lowest BCUT2D eigenvalue weighted by Crippen LogP contribution is -1.97. The molecule has 1 aliphatic rings. The van der Waals surface area contributed by atoms with Crippen LogP contribution in [0.1, 0.15) is 16.7 Å². The summed E-state index contributed by atoms with van der Waals surface area (Å²) in [6.45, 7) is 4.00. The van der Waals surface area contributed by atoms with Crippen molar-refractivity contribution in [1.82, 2.24) is 0 Å². The number of ether oxygens (including phenoxy) is 1. The van der Waals surface area contributed by atoms with E-state index in [4.69, 9.17) is 4.74 Å². The third-order valence-corrected chi connectivity index (χ3v) is 4.11. The second-order valence-electron chi connectivity index (χ2n) is 5.54. The van der Waals surface area contributed by atoms with Crippen molar-refractivity contribution in [2.45, 2.75) is 6.42 Å². The Bertz CT molecular complexity index is 903. The molecule has 1 nitrogen and oxygen atoms in total. The number of rotatable bonds is 0. The molecule has 0 saturated heterocycles. The van der Waals surface area contributed by atoms with Crippen LogP contribution in [0.2, 0.25) is 0 Å². The van der Waals surface area contributed by atoms with Gasteiger partial charge in [-0.05, 0) is 34.0 Å². The quantitative estimate of drug-likeness (QED) is 0.540. The van der Waals surface area contributed by atoms with E-state index in [0.717, 1.165) is 12.2 Å². The number of hydrogen-bond donors (Lipinski definition) is 0. The van der Waals surface area contributed by atoms with Gasteiger partial charge in [0.15, 0.2) is 0 Å². The van der Waals surface area contributed by atoms with E-state index >= 15 is 0 Å². The molecule has 0 atom stereocenters. The van der Waals surface area contributed by atoms with Crippen LogP contribution in [0.5, 0.6) is 5.75 Å². The molecule has 4 rings (SSSR count). The first-order valence-electron chi connectivity index (χ1n) is 7.44. The highest BCUT2D eigenvalue weighted by molar-refractivity contribution is 5.88. The fraction of sp³-hybridized carbons (Fsp3) is 0.0476. The Morgan fingerprint density at radius 2 is 1.64 bits per heavy atom. The average Bonchev–Trinajstić information content (AvgIpc) is 2.62. The Morgan fingerprint density at radius 1 is 0.818 bits per heavy atom. The van der Waals surface area contributed by atoms with Crippen molar-refractivity contribution in [1.29, 1.82) is 0 Å². The first-order valence-corrected chi connectivity index (χ1v) is 7.44. The van der Waals surface area contributed by atoms with Gasteiger partial charge in [-0.15, -0.1) is 0 Å². The number of hydrogen-bond acceptors (Lipinski definition) is 1. The van der Waals surface area contributed by atoms with E-state index < -0.39 is 0 Å². The van der Waals surface area contributed by atoms with E-state index in [0.29, 0.717) is 5.76 Å². The molecule has 0 fully saturated rings. The molecule has 0 aliphatic carbocycles. The Morgan fingerprint density at radius 3 is 2.59 bits per heavy atom. The van der Waals surface area contributed by atoms with Crippen LogP contribution in [0.4, 0.5) is 0 Å². The Balaban J connectivity index is 2.00. The molecule has 1 aliphatic heterocycles. The molecule has 0 unspecified atom stereocenters. The molecule has 0 N–H and O–H groups in total. The highest BCUT2D eigenvalue weighted by atomic mass is 16.5. The van der Waals surface area contributed by atoms with Crippen molar-refractivity contribution in [3.63, 3.8) is 0 Å². The van der Waals surface area contributed by atoms with E-state index in [-0.39, 0.29) is 0 Å². The molecule has 1 heterocycles. The topological polar surface area (TPSA) is 9.23 Å². The van der Waals surface area contributed by atoms with Crippen LogP contribution in [0.15, 0.2) is 79.1 Å². The summed E-state index contributed by atoms with van der Waals surface area (Å²) in [5.41, 5.74) is 3.73. The fourth-order valence-electron chi connectivity index (χ4n) is 3.00. The van der Waals surface area contributed by atoms with Gasteiger partial charge in [-0.3, -0.25) is 0 Å². The lowest BCUT2D eigenvalue weighted by molar-refractivity contribution is 0.444. The number of fused-ring (bicyclic) bond motifs is 4.